The second kappa shape index (κ2) is 4.65. The van der Waals surface area contributed by atoms with Crippen molar-refractivity contribution in [1.82, 2.24) is 15.0 Å². The van der Waals surface area contributed by atoms with Gasteiger partial charge in [-0.1, -0.05) is 12.1 Å². The summed E-state index contributed by atoms with van der Waals surface area (Å²) in [4.78, 5) is 2.49. The fourth-order valence-electron chi connectivity index (χ4n) is 1.56. The zero-order valence-electron chi connectivity index (χ0n) is 9.14. The summed E-state index contributed by atoms with van der Waals surface area (Å²) in [6, 6.07) is 4.03. The molecular weight excluding hydrogens is 288 g/mol. The number of halogens is 1. The van der Waals surface area contributed by atoms with E-state index in [1.807, 2.05) is 7.05 Å². The van der Waals surface area contributed by atoms with Crippen LogP contribution in [0.25, 0.3) is 0 Å². The van der Waals surface area contributed by atoms with E-state index in [4.69, 9.17) is 5.73 Å². The largest absolute Gasteiger partial charge is 0.318 e. The maximum Gasteiger partial charge on any atom is 0.153 e. The lowest BCUT2D eigenvalue weighted by Gasteiger charge is -2.09. The van der Waals surface area contributed by atoms with Crippen LogP contribution in [0.3, 0.4) is 0 Å². The Labute approximate surface area is 107 Å². The van der Waals surface area contributed by atoms with Crippen LogP contribution >= 0.6 is 27.3 Å². The van der Waals surface area contributed by atoms with Crippen molar-refractivity contribution in [2.24, 2.45) is 12.8 Å². The average molecular weight is 301 g/mol. The van der Waals surface area contributed by atoms with Crippen molar-refractivity contribution in [1.29, 1.82) is 0 Å². The molecule has 0 saturated heterocycles. The summed E-state index contributed by atoms with van der Waals surface area (Å²) in [7, 11) is 1.85. The molecule has 0 aliphatic rings. The molecule has 0 saturated carbocycles. The third-order valence-electron chi connectivity index (χ3n) is 2.46. The molecule has 2 rings (SSSR count). The molecule has 2 aromatic rings. The van der Waals surface area contributed by atoms with Gasteiger partial charge in [0.25, 0.3) is 0 Å². The standard InChI is InChI=1S/C10H13BrN4S/c1-3-6-4-5-7(16-6)8(12)9-10(11)13-14-15(9)2/h4-5,8H,3,12H2,1-2H3. The molecule has 16 heavy (non-hydrogen) atoms. The van der Waals surface area contributed by atoms with Gasteiger partial charge in [-0.2, -0.15) is 0 Å². The number of aromatic nitrogens is 3. The lowest BCUT2D eigenvalue weighted by molar-refractivity contribution is 0.654. The van der Waals surface area contributed by atoms with Gasteiger partial charge in [-0.25, -0.2) is 4.68 Å². The Balaban J connectivity index is 2.34. The highest BCUT2D eigenvalue weighted by atomic mass is 79.9. The summed E-state index contributed by atoms with van der Waals surface area (Å²) in [6.07, 6.45) is 1.04. The summed E-state index contributed by atoms with van der Waals surface area (Å²) in [5, 5.41) is 7.88. The van der Waals surface area contributed by atoms with Crippen molar-refractivity contribution in [3.05, 3.63) is 32.2 Å². The van der Waals surface area contributed by atoms with Gasteiger partial charge in [0.2, 0.25) is 0 Å². The van der Waals surface area contributed by atoms with E-state index in [0.29, 0.717) is 4.60 Å². The fraction of sp³-hybridized carbons (Fsp3) is 0.400. The number of thiophene rings is 1. The highest BCUT2D eigenvalue weighted by Crippen LogP contribution is 2.29. The van der Waals surface area contributed by atoms with Crippen LogP contribution < -0.4 is 5.73 Å². The van der Waals surface area contributed by atoms with Gasteiger partial charge >= 0.3 is 0 Å². The van der Waals surface area contributed by atoms with Crippen LogP contribution in [0.2, 0.25) is 0 Å². The molecule has 4 nitrogen and oxygen atoms in total. The Morgan fingerprint density at radius 1 is 1.56 bits per heavy atom. The Hall–Kier alpha value is -0.720. The molecule has 0 bridgehead atoms. The second-order valence-corrected chi connectivity index (χ2v) is 5.48. The molecule has 2 heterocycles. The molecular formula is C10H13BrN4S. The van der Waals surface area contributed by atoms with Crippen LogP contribution in [-0.4, -0.2) is 15.0 Å². The molecule has 2 N–H and O–H groups in total. The SMILES string of the molecule is CCc1ccc(C(N)c2c(Br)nnn2C)s1. The van der Waals surface area contributed by atoms with Gasteiger partial charge in [0.05, 0.1) is 11.7 Å². The van der Waals surface area contributed by atoms with Crippen molar-refractivity contribution in [3.8, 4) is 0 Å². The van der Waals surface area contributed by atoms with Gasteiger partial charge in [-0.05, 0) is 34.5 Å². The Morgan fingerprint density at radius 2 is 2.31 bits per heavy atom. The van der Waals surface area contributed by atoms with Gasteiger partial charge in [-0.15, -0.1) is 16.4 Å². The highest BCUT2D eigenvalue weighted by Gasteiger charge is 2.19. The number of nitrogens with zero attached hydrogens (tertiary/aromatic N) is 3. The molecule has 1 atom stereocenters. The summed E-state index contributed by atoms with van der Waals surface area (Å²) in [6.45, 7) is 2.14. The quantitative estimate of drug-likeness (QED) is 0.946. The molecule has 0 aromatic carbocycles. The van der Waals surface area contributed by atoms with E-state index in [-0.39, 0.29) is 6.04 Å². The molecule has 0 fully saturated rings. The van der Waals surface area contributed by atoms with Crippen molar-refractivity contribution < 1.29 is 0 Å². The minimum atomic E-state index is -0.167. The Kier molecular flexibility index (Phi) is 3.41. The average Bonchev–Trinajstić information content (AvgIpc) is 2.85. The van der Waals surface area contributed by atoms with Gasteiger partial charge < -0.3 is 5.73 Å². The summed E-state index contributed by atoms with van der Waals surface area (Å²) in [5.74, 6) is 0. The smallest absolute Gasteiger partial charge is 0.153 e. The minimum absolute atomic E-state index is 0.167. The number of hydrogen-bond donors (Lipinski definition) is 1. The predicted octanol–water partition coefficient (Wildman–Crippen LogP) is 2.25. The second-order valence-electron chi connectivity index (χ2n) is 3.52. The number of rotatable bonds is 3. The first-order chi connectivity index (χ1) is 7.63. The number of hydrogen-bond acceptors (Lipinski definition) is 4. The number of nitrogens with two attached hydrogens (primary N) is 1. The zero-order chi connectivity index (χ0) is 11.7. The third-order valence-corrected chi connectivity index (χ3v) is 4.34. The van der Waals surface area contributed by atoms with E-state index in [1.165, 1.54) is 4.88 Å². The fourth-order valence-corrected chi connectivity index (χ4v) is 3.09. The van der Waals surface area contributed by atoms with Gasteiger partial charge in [0, 0.05) is 16.8 Å². The van der Waals surface area contributed by atoms with Crippen LogP contribution in [-0.2, 0) is 13.5 Å². The first-order valence-corrected chi connectivity index (χ1v) is 6.63. The monoisotopic (exact) mass is 300 g/mol. The minimum Gasteiger partial charge on any atom is -0.318 e. The molecule has 1 unspecified atom stereocenters. The number of aryl methyl sites for hydroxylation is 2. The lowest BCUT2D eigenvalue weighted by atomic mass is 10.2. The van der Waals surface area contributed by atoms with Crippen LogP contribution in [0.15, 0.2) is 16.7 Å². The molecule has 0 radical (unpaired) electrons. The summed E-state index contributed by atoms with van der Waals surface area (Å²) >= 11 is 5.11. The Bertz CT molecular complexity index is 471. The topological polar surface area (TPSA) is 56.7 Å². The van der Waals surface area contributed by atoms with Crippen LogP contribution in [0, 0.1) is 0 Å². The van der Waals surface area contributed by atoms with Crippen LogP contribution in [0.1, 0.15) is 28.4 Å². The molecule has 6 heteroatoms. The van der Waals surface area contributed by atoms with Gasteiger partial charge in [0.15, 0.2) is 4.60 Å². The molecule has 0 aliphatic heterocycles. The van der Waals surface area contributed by atoms with E-state index < -0.39 is 0 Å². The van der Waals surface area contributed by atoms with Crippen molar-refractivity contribution in [2.75, 3.05) is 0 Å². The van der Waals surface area contributed by atoms with E-state index in [2.05, 4.69) is 45.3 Å². The van der Waals surface area contributed by atoms with Crippen LogP contribution in [0.4, 0.5) is 0 Å². The maximum atomic E-state index is 6.21. The first kappa shape index (κ1) is 11.8. The Morgan fingerprint density at radius 3 is 2.81 bits per heavy atom. The van der Waals surface area contributed by atoms with Crippen molar-refractivity contribution in [3.63, 3.8) is 0 Å². The maximum absolute atomic E-state index is 6.21. The lowest BCUT2D eigenvalue weighted by Crippen LogP contribution is -2.15. The normalized spacial score (nSPS) is 13.0. The molecule has 0 spiro atoms. The zero-order valence-corrected chi connectivity index (χ0v) is 11.5. The van der Waals surface area contributed by atoms with Crippen molar-refractivity contribution >= 4 is 27.3 Å². The molecule has 0 amide bonds. The van der Waals surface area contributed by atoms with Gasteiger partial charge in [0.1, 0.15) is 0 Å². The van der Waals surface area contributed by atoms with E-state index in [0.717, 1.165) is 17.0 Å². The van der Waals surface area contributed by atoms with E-state index in [1.54, 1.807) is 16.0 Å². The third kappa shape index (κ3) is 2.05. The van der Waals surface area contributed by atoms with Gasteiger partial charge in [-0.3, -0.25) is 0 Å². The van der Waals surface area contributed by atoms with E-state index in [9.17, 15) is 0 Å². The van der Waals surface area contributed by atoms with Crippen molar-refractivity contribution in [2.45, 2.75) is 19.4 Å². The first-order valence-electron chi connectivity index (χ1n) is 5.02. The van der Waals surface area contributed by atoms with Crippen LogP contribution in [0.5, 0.6) is 0 Å². The van der Waals surface area contributed by atoms with E-state index >= 15 is 0 Å². The highest BCUT2D eigenvalue weighted by molar-refractivity contribution is 9.10. The summed E-state index contributed by atoms with van der Waals surface area (Å²) in [5.41, 5.74) is 7.12. The summed E-state index contributed by atoms with van der Waals surface area (Å²) < 4.78 is 2.43. The molecule has 0 aliphatic carbocycles. The molecule has 86 valence electrons. The predicted molar refractivity (Wildman–Crippen MR) is 68.4 cm³/mol. The molecule has 2 aromatic heterocycles.